The minimum Gasteiger partial charge on any atom is -0.378 e. The predicted octanol–water partition coefficient (Wildman–Crippen LogP) is 3.04. The lowest BCUT2D eigenvalue weighted by Gasteiger charge is -2.28. The van der Waals surface area contributed by atoms with E-state index in [1.165, 1.54) is 10.8 Å². The van der Waals surface area contributed by atoms with Gasteiger partial charge in [-0.1, -0.05) is 0 Å². The van der Waals surface area contributed by atoms with Crippen LogP contribution in [0.15, 0.2) is 53.6 Å². The summed E-state index contributed by atoms with van der Waals surface area (Å²) in [6, 6.07) is 11.1. The number of anilines is 3. The first-order chi connectivity index (χ1) is 15.1. The van der Waals surface area contributed by atoms with E-state index in [2.05, 4.69) is 25.4 Å². The first kappa shape index (κ1) is 19.3. The summed E-state index contributed by atoms with van der Waals surface area (Å²) in [5.41, 5.74) is 2.93. The molecular formula is C22H21FN6O2. The fourth-order valence-electron chi connectivity index (χ4n) is 3.81. The van der Waals surface area contributed by atoms with E-state index in [9.17, 15) is 4.79 Å². The van der Waals surface area contributed by atoms with Gasteiger partial charge in [0.15, 0.2) is 11.6 Å². The molecule has 0 unspecified atom stereocenters. The number of fused-ring (bicyclic) bond motifs is 1. The van der Waals surface area contributed by atoms with Crippen LogP contribution in [0.4, 0.5) is 21.6 Å². The maximum atomic E-state index is 15.2. The van der Waals surface area contributed by atoms with Crippen molar-refractivity contribution in [3.8, 4) is 11.1 Å². The molecule has 0 aliphatic carbocycles. The zero-order chi connectivity index (χ0) is 21.4. The zero-order valence-corrected chi connectivity index (χ0v) is 16.9. The van der Waals surface area contributed by atoms with Crippen LogP contribution >= 0.6 is 0 Å². The van der Waals surface area contributed by atoms with Gasteiger partial charge in [0.1, 0.15) is 5.52 Å². The van der Waals surface area contributed by atoms with E-state index in [1.54, 1.807) is 25.4 Å². The molecule has 158 valence electrons. The van der Waals surface area contributed by atoms with Crippen molar-refractivity contribution in [2.45, 2.75) is 0 Å². The van der Waals surface area contributed by atoms with Gasteiger partial charge in [-0.2, -0.15) is 5.10 Å². The van der Waals surface area contributed by atoms with Crippen molar-refractivity contribution >= 4 is 28.2 Å². The fraction of sp³-hybridized carbons (Fsp3) is 0.227. The minimum absolute atomic E-state index is 0.143. The van der Waals surface area contributed by atoms with Crippen molar-refractivity contribution in [2.75, 3.05) is 36.5 Å². The number of aromatic nitrogens is 4. The molecule has 31 heavy (non-hydrogen) atoms. The summed E-state index contributed by atoms with van der Waals surface area (Å²) in [4.78, 5) is 19.5. The number of rotatable bonds is 4. The average molecular weight is 420 g/mol. The van der Waals surface area contributed by atoms with E-state index >= 15 is 4.39 Å². The van der Waals surface area contributed by atoms with Crippen LogP contribution in [-0.4, -0.2) is 46.1 Å². The third-order valence-electron chi connectivity index (χ3n) is 5.49. The Morgan fingerprint density at radius 3 is 2.61 bits per heavy atom. The quantitative estimate of drug-likeness (QED) is 0.528. The molecule has 9 heteroatoms. The molecule has 2 aromatic heterocycles. The Morgan fingerprint density at radius 1 is 1.13 bits per heavy atom. The molecule has 0 saturated carbocycles. The number of nitrogens with zero attached hydrogens (tertiary/aromatic N) is 4. The number of ether oxygens (including phenoxy) is 1. The summed E-state index contributed by atoms with van der Waals surface area (Å²) >= 11 is 0. The van der Waals surface area contributed by atoms with Crippen LogP contribution in [0.1, 0.15) is 0 Å². The summed E-state index contributed by atoms with van der Waals surface area (Å²) in [6.07, 6.45) is 3.14. The number of H-pyrrole nitrogens is 1. The van der Waals surface area contributed by atoms with Crippen molar-refractivity contribution < 1.29 is 9.13 Å². The second-order valence-electron chi connectivity index (χ2n) is 7.38. The van der Waals surface area contributed by atoms with E-state index in [1.807, 2.05) is 24.3 Å². The van der Waals surface area contributed by atoms with Crippen molar-refractivity contribution in [1.29, 1.82) is 0 Å². The van der Waals surface area contributed by atoms with Gasteiger partial charge < -0.3 is 19.5 Å². The Kier molecular flexibility index (Phi) is 4.87. The molecule has 1 aliphatic heterocycles. The molecule has 1 fully saturated rings. The van der Waals surface area contributed by atoms with Crippen molar-refractivity contribution in [3.63, 3.8) is 0 Å². The van der Waals surface area contributed by atoms with Crippen molar-refractivity contribution in [3.05, 3.63) is 65.0 Å². The molecule has 8 nitrogen and oxygen atoms in total. The number of halogens is 1. The normalized spacial score (nSPS) is 14.2. The Balaban J connectivity index is 1.47. The summed E-state index contributed by atoms with van der Waals surface area (Å²) in [5, 5.41) is 9.60. The molecule has 0 bridgehead atoms. The number of aryl methyl sites for hydroxylation is 1. The molecule has 2 aromatic carbocycles. The Hall–Kier alpha value is -3.72. The number of hydrogen-bond donors (Lipinski definition) is 2. The first-order valence-electron chi connectivity index (χ1n) is 10.00. The van der Waals surface area contributed by atoms with Crippen LogP contribution in [0.25, 0.3) is 22.2 Å². The van der Waals surface area contributed by atoms with Crippen molar-refractivity contribution in [2.24, 2.45) is 7.05 Å². The van der Waals surface area contributed by atoms with Gasteiger partial charge in [-0.15, -0.1) is 0 Å². The van der Waals surface area contributed by atoms with Gasteiger partial charge in [0.25, 0.3) is 5.56 Å². The molecule has 5 rings (SSSR count). The number of benzene rings is 2. The lowest BCUT2D eigenvalue weighted by molar-refractivity contribution is 0.122. The van der Waals surface area contributed by atoms with E-state index in [-0.39, 0.29) is 11.3 Å². The molecule has 4 aromatic rings. The second kappa shape index (κ2) is 7.84. The number of nitrogens with one attached hydrogen (secondary N) is 2. The van der Waals surface area contributed by atoms with Crippen LogP contribution in [-0.2, 0) is 11.8 Å². The molecule has 0 spiro atoms. The van der Waals surface area contributed by atoms with Gasteiger partial charge in [0.05, 0.1) is 24.9 Å². The molecule has 0 radical (unpaired) electrons. The molecule has 3 heterocycles. The van der Waals surface area contributed by atoms with E-state index < -0.39 is 11.4 Å². The van der Waals surface area contributed by atoms with Gasteiger partial charge in [-0.05, 0) is 36.4 Å². The van der Waals surface area contributed by atoms with Crippen LogP contribution in [0, 0.1) is 5.82 Å². The molecule has 0 amide bonds. The SMILES string of the molecule is Cn1c(=O)c(Nc2ccc(N3CCOCC3)cc2)nc2ccc(-c3cn[nH]c3)c(F)c21. The summed E-state index contributed by atoms with van der Waals surface area (Å²) in [7, 11) is 1.54. The molecular weight excluding hydrogens is 399 g/mol. The standard InChI is InChI=1S/C22H21FN6O2/c1-28-20-18(7-6-17(19(20)23)14-12-24-25-13-14)27-21(22(28)30)26-15-2-4-16(5-3-15)29-8-10-31-11-9-29/h2-7,12-13H,8-11H2,1H3,(H,24,25)(H,26,27). The smallest absolute Gasteiger partial charge is 0.293 e. The molecule has 2 N–H and O–H groups in total. The Labute approximate surface area is 177 Å². The van der Waals surface area contributed by atoms with Crippen LogP contribution in [0.3, 0.4) is 0 Å². The summed E-state index contributed by atoms with van der Waals surface area (Å²) < 4.78 is 21.9. The highest BCUT2D eigenvalue weighted by molar-refractivity contribution is 5.84. The molecule has 0 atom stereocenters. The lowest BCUT2D eigenvalue weighted by Crippen LogP contribution is -2.36. The van der Waals surface area contributed by atoms with E-state index in [4.69, 9.17) is 4.74 Å². The Bertz CT molecular complexity index is 1280. The summed E-state index contributed by atoms with van der Waals surface area (Å²) in [5.74, 6) is -0.364. The highest BCUT2D eigenvalue weighted by atomic mass is 19.1. The van der Waals surface area contributed by atoms with Crippen LogP contribution < -0.4 is 15.8 Å². The number of hydrogen-bond acceptors (Lipinski definition) is 6. The zero-order valence-electron chi connectivity index (χ0n) is 16.9. The topological polar surface area (TPSA) is 88.1 Å². The Morgan fingerprint density at radius 2 is 1.90 bits per heavy atom. The first-order valence-corrected chi connectivity index (χ1v) is 10.00. The van der Waals surface area contributed by atoms with Gasteiger partial charge in [-0.3, -0.25) is 9.89 Å². The third kappa shape index (κ3) is 3.53. The molecule has 1 aliphatic rings. The third-order valence-corrected chi connectivity index (χ3v) is 5.49. The van der Waals surface area contributed by atoms with Crippen LogP contribution in [0.2, 0.25) is 0 Å². The van der Waals surface area contributed by atoms with Gasteiger partial charge >= 0.3 is 0 Å². The van der Waals surface area contributed by atoms with Crippen LogP contribution in [0.5, 0.6) is 0 Å². The van der Waals surface area contributed by atoms with E-state index in [0.717, 1.165) is 37.7 Å². The fourth-order valence-corrected chi connectivity index (χ4v) is 3.81. The monoisotopic (exact) mass is 420 g/mol. The van der Waals surface area contributed by atoms with Gasteiger partial charge in [-0.25, -0.2) is 9.37 Å². The maximum absolute atomic E-state index is 15.2. The summed E-state index contributed by atoms with van der Waals surface area (Å²) in [6.45, 7) is 3.14. The van der Waals surface area contributed by atoms with Crippen molar-refractivity contribution in [1.82, 2.24) is 19.7 Å². The second-order valence-corrected chi connectivity index (χ2v) is 7.38. The highest BCUT2D eigenvalue weighted by Gasteiger charge is 2.17. The highest BCUT2D eigenvalue weighted by Crippen LogP contribution is 2.28. The lowest BCUT2D eigenvalue weighted by atomic mass is 10.1. The minimum atomic E-state index is -0.507. The number of morpholine rings is 1. The predicted molar refractivity (Wildman–Crippen MR) is 117 cm³/mol. The average Bonchev–Trinajstić information content (AvgIpc) is 3.33. The van der Waals surface area contributed by atoms with Gasteiger partial charge in [0, 0.05) is 48.8 Å². The maximum Gasteiger partial charge on any atom is 0.293 e. The van der Waals surface area contributed by atoms with E-state index in [0.29, 0.717) is 16.6 Å². The largest absolute Gasteiger partial charge is 0.378 e. The number of aromatic amines is 1. The molecule has 1 saturated heterocycles. The van der Waals surface area contributed by atoms with Gasteiger partial charge in [0.2, 0.25) is 0 Å².